The average molecular weight is 375 g/mol. The Morgan fingerprint density at radius 1 is 0.962 bits per heavy atom. The van der Waals surface area contributed by atoms with E-state index in [4.69, 9.17) is 16.3 Å². The number of amides is 2. The van der Waals surface area contributed by atoms with Crippen LogP contribution in [0.4, 0.5) is 11.4 Å². The fraction of sp³-hybridized carbons (Fsp3) is 0.300. The quantitative estimate of drug-likeness (QED) is 0.751. The van der Waals surface area contributed by atoms with Gasteiger partial charge in [-0.3, -0.25) is 9.59 Å². The Morgan fingerprint density at radius 3 is 2.00 bits per heavy atom. The van der Waals surface area contributed by atoms with Gasteiger partial charge in [-0.05, 0) is 41.3 Å². The molecule has 0 atom stereocenters. The van der Waals surface area contributed by atoms with Gasteiger partial charge in [0.2, 0.25) is 11.8 Å². The van der Waals surface area contributed by atoms with Crippen LogP contribution < -0.4 is 15.4 Å². The van der Waals surface area contributed by atoms with Gasteiger partial charge in [0, 0.05) is 11.4 Å². The number of anilines is 2. The van der Waals surface area contributed by atoms with E-state index >= 15 is 0 Å². The number of halogens is 1. The molecule has 0 unspecified atom stereocenters. The lowest BCUT2D eigenvalue weighted by Crippen LogP contribution is -2.21. The first-order valence-electron chi connectivity index (χ1n) is 8.23. The van der Waals surface area contributed by atoms with E-state index in [1.54, 1.807) is 18.2 Å². The molecule has 0 aromatic heterocycles. The Kier molecular flexibility index (Phi) is 6.27. The summed E-state index contributed by atoms with van der Waals surface area (Å²) in [5.41, 5.74) is 2.37. The van der Waals surface area contributed by atoms with E-state index in [1.807, 2.05) is 24.3 Å². The minimum Gasteiger partial charge on any atom is -0.495 e. The van der Waals surface area contributed by atoms with Crippen LogP contribution >= 0.6 is 11.6 Å². The summed E-state index contributed by atoms with van der Waals surface area (Å²) in [4.78, 5) is 24.1. The first-order chi connectivity index (χ1) is 12.2. The number of carbonyl (C=O) groups is 2. The van der Waals surface area contributed by atoms with Gasteiger partial charge in [0.15, 0.2) is 0 Å². The van der Waals surface area contributed by atoms with Gasteiger partial charge in [0.25, 0.3) is 0 Å². The monoisotopic (exact) mass is 374 g/mol. The normalized spacial score (nSPS) is 11.0. The summed E-state index contributed by atoms with van der Waals surface area (Å²) >= 11 is 6.02. The van der Waals surface area contributed by atoms with Gasteiger partial charge in [0.05, 0.1) is 12.1 Å². The molecule has 138 valence electrons. The molecular formula is C20H23ClN2O3. The van der Waals surface area contributed by atoms with Crippen molar-refractivity contribution in [3.63, 3.8) is 0 Å². The van der Waals surface area contributed by atoms with Gasteiger partial charge in [-0.1, -0.05) is 44.5 Å². The van der Waals surface area contributed by atoms with Crippen LogP contribution in [0.1, 0.15) is 32.8 Å². The highest BCUT2D eigenvalue weighted by molar-refractivity contribution is 6.32. The second-order valence-corrected chi connectivity index (χ2v) is 7.36. The molecule has 0 aliphatic carbocycles. The molecule has 0 saturated carbocycles. The second kappa shape index (κ2) is 8.23. The van der Waals surface area contributed by atoms with Crippen LogP contribution in [-0.2, 0) is 15.0 Å². The molecule has 0 saturated heterocycles. The van der Waals surface area contributed by atoms with E-state index in [0.29, 0.717) is 22.1 Å². The molecule has 0 heterocycles. The van der Waals surface area contributed by atoms with Gasteiger partial charge < -0.3 is 15.4 Å². The van der Waals surface area contributed by atoms with Crippen LogP contribution in [0.5, 0.6) is 5.75 Å². The fourth-order valence-corrected chi connectivity index (χ4v) is 2.61. The molecule has 26 heavy (non-hydrogen) atoms. The van der Waals surface area contributed by atoms with Crippen molar-refractivity contribution >= 4 is 34.8 Å². The maximum Gasteiger partial charge on any atom is 0.233 e. The molecule has 0 aliphatic heterocycles. The highest BCUT2D eigenvalue weighted by atomic mass is 35.5. The van der Waals surface area contributed by atoms with Gasteiger partial charge in [-0.15, -0.1) is 0 Å². The topological polar surface area (TPSA) is 67.4 Å². The summed E-state index contributed by atoms with van der Waals surface area (Å²) in [6.07, 6.45) is -0.287. The Bertz CT molecular complexity index is 796. The molecule has 2 amide bonds. The molecule has 0 spiro atoms. The SMILES string of the molecule is COc1ccc(NC(=O)CC(=O)Nc2ccc(C(C)(C)C)cc2)cc1Cl. The van der Waals surface area contributed by atoms with E-state index in [2.05, 4.69) is 31.4 Å². The van der Waals surface area contributed by atoms with Crippen LogP contribution in [0.3, 0.4) is 0 Å². The Morgan fingerprint density at radius 2 is 1.50 bits per heavy atom. The molecule has 2 rings (SSSR count). The number of methoxy groups -OCH3 is 1. The van der Waals surface area contributed by atoms with Crippen molar-refractivity contribution in [3.8, 4) is 5.75 Å². The summed E-state index contributed by atoms with van der Waals surface area (Å²) in [6.45, 7) is 6.36. The van der Waals surface area contributed by atoms with Crippen LogP contribution in [-0.4, -0.2) is 18.9 Å². The second-order valence-electron chi connectivity index (χ2n) is 6.95. The van der Waals surface area contributed by atoms with Crippen molar-refractivity contribution in [2.75, 3.05) is 17.7 Å². The van der Waals surface area contributed by atoms with Crippen molar-refractivity contribution in [2.24, 2.45) is 0 Å². The zero-order valence-corrected chi connectivity index (χ0v) is 16.1. The van der Waals surface area contributed by atoms with E-state index in [9.17, 15) is 9.59 Å². The zero-order valence-electron chi connectivity index (χ0n) is 15.4. The van der Waals surface area contributed by atoms with Gasteiger partial charge in [-0.25, -0.2) is 0 Å². The van der Waals surface area contributed by atoms with Crippen molar-refractivity contribution in [2.45, 2.75) is 32.6 Å². The molecule has 2 aromatic carbocycles. The third kappa shape index (κ3) is 5.49. The van der Waals surface area contributed by atoms with E-state index < -0.39 is 5.91 Å². The van der Waals surface area contributed by atoms with Gasteiger partial charge >= 0.3 is 0 Å². The molecule has 6 heteroatoms. The predicted molar refractivity (Wildman–Crippen MR) is 105 cm³/mol. The fourth-order valence-electron chi connectivity index (χ4n) is 2.35. The Balaban J connectivity index is 1.91. The molecular weight excluding hydrogens is 352 g/mol. The summed E-state index contributed by atoms with van der Waals surface area (Å²) in [6, 6.07) is 12.5. The minimum absolute atomic E-state index is 0.0437. The summed E-state index contributed by atoms with van der Waals surface area (Å²) in [5.74, 6) is -0.290. The van der Waals surface area contributed by atoms with Crippen LogP contribution in [0.2, 0.25) is 5.02 Å². The molecule has 0 bridgehead atoms. The Hall–Kier alpha value is -2.53. The number of benzene rings is 2. The number of hydrogen-bond acceptors (Lipinski definition) is 3. The van der Waals surface area contributed by atoms with Crippen molar-refractivity contribution in [1.29, 1.82) is 0 Å². The Labute approximate surface area is 158 Å². The third-order valence-electron chi connectivity index (χ3n) is 3.79. The highest BCUT2D eigenvalue weighted by Crippen LogP contribution is 2.27. The average Bonchev–Trinajstić information content (AvgIpc) is 2.54. The lowest BCUT2D eigenvalue weighted by atomic mass is 9.87. The number of hydrogen-bond donors (Lipinski definition) is 2. The van der Waals surface area contributed by atoms with Gasteiger partial charge in [0.1, 0.15) is 12.2 Å². The molecule has 2 N–H and O–H groups in total. The first-order valence-corrected chi connectivity index (χ1v) is 8.60. The highest BCUT2D eigenvalue weighted by Gasteiger charge is 2.14. The summed E-state index contributed by atoms with van der Waals surface area (Å²) in [7, 11) is 1.51. The van der Waals surface area contributed by atoms with Crippen LogP contribution in [0.15, 0.2) is 42.5 Å². The molecule has 2 aromatic rings. The lowest BCUT2D eigenvalue weighted by molar-refractivity contribution is -0.123. The van der Waals surface area contributed by atoms with Crippen molar-refractivity contribution in [1.82, 2.24) is 0 Å². The lowest BCUT2D eigenvalue weighted by Gasteiger charge is -2.19. The number of nitrogens with one attached hydrogen (secondary N) is 2. The molecule has 5 nitrogen and oxygen atoms in total. The minimum atomic E-state index is -0.421. The summed E-state index contributed by atoms with van der Waals surface area (Å²) in [5, 5.41) is 5.74. The maximum atomic E-state index is 12.0. The van der Waals surface area contributed by atoms with E-state index in [1.165, 1.54) is 12.7 Å². The van der Waals surface area contributed by atoms with Crippen molar-refractivity contribution < 1.29 is 14.3 Å². The van der Waals surface area contributed by atoms with Crippen molar-refractivity contribution in [3.05, 3.63) is 53.1 Å². The first kappa shape index (κ1) is 19.8. The molecule has 0 radical (unpaired) electrons. The van der Waals surface area contributed by atoms with Crippen LogP contribution in [0.25, 0.3) is 0 Å². The van der Waals surface area contributed by atoms with Crippen LogP contribution in [0, 0.1) is 0 Å². The summed E-state index contributed by atoms with van der Waals surface area (Å²) < 4.78 is 5.06. The van der Waals surface area contributed by atoms with E-state index in [0.717, 1.165) is 0 Å². The largest absolute Gasteiger partial charge is 0.495 e. The number of carbonyl (C=O) groups excluding carboxylic acids is 2. The standard InChI is InChI=1S/C20H23ClN2O3/c1-20(2,3)13-5-7-14(8-6-13)22-18(24)12-19(25)23-15-9-10-17(26-4)16(21)11-15/h5-11H,12H2,1-4H3,(H,22,24)(H,23,25). The zero-order chi connectivity index (χ0) is 19.3. The molecule has 0 fully saturated rings. The van der Waals surface area contributed by atoms with E-state index in [-0.39, 0.29) is 17.7 Å². The number of rotatable bonds is 5. The number of ether oxygens (including phenoxy) is 1. The predicted octanol–water partition coefficient (Wildman–Crippen LogP) is 4.61. The van der Waals surface area contributed by atoms with Gasteiger partial charge in [-0.2, -0.15) is 0 Å². The molecule has 0 aliphatic rings. The maximum absolute atomic E-state index is 12.0. The smallest absolute Gasteiger partial charge is 0.233 e. The third-order valence-corrected chi connectivity index (χ3v) is 4.09.